The Kier molecular flexibility index (Phi) is 5.09. The molecule has 0 aliphatic heterocycles. The summed E-state index contributed by atoms with van der Waals surface area (Å²) in [4.78, 5) is 20.3. The first-order valence-corrected chi connectivity index (χ1v) is 8.55. The average molecular weight is 397 g/mol. The lowest BCUT2D eigenvalue weighted by molar-refractivity contribution is 0.101. The molecule has 1 aromatic heterocycles. The fourth-order valence-electron chi connectivity index (χ4n) is 2.29. The van der Waals surface area contributed by atoms with Gasteiger partial charge in [0.2, 0.25) is 5.95 Å². The average Bonchev–Trinajstić information content (AvgIpc) is 2.57. The highest BCUT2D eigenvalue weighted by Crippen LogP contribution is 2.21. The lowest BCUT2D eigenvalue weighted by Gasteiger charge is -2.10. The van der Waals surface area contributed by atoms with Crippen molar-refractivity contribution in [2.24, 2.45) is 0 Å². The Labute approximate surface area is 154 Å². The number of nitrogens with one attached hydrogen (secondary N) is 2. The van der Waals surface area contributed by atoms with Crippen molar-refractivity contribution in [3.8, 4) is 0 Å². The van der Waals surface area contributed by atoms with E-state index in [1.807, 2.05) is 49.4 Å². The van der Waals surface area contributed by atoms with Gasteiger partial charge in [0.15, 0.2) is 5.78 Å². The summed E-state index contributed by atoms with van der Waals surface area (Å²) >= 11 is 3.41. The Morgan fingerprint density at radius 3 is 2.16 bits per heavy atom. The molecule has 0 unspecified atom stereocenters. The predicted octanol–water partition coefficient (Wildman–Crippen LogP) is 5.24. The van der Waals surface area contributed by atoms with E-state index in [1.165, 1.54) is 0 Å². The van der Waals surface area contributed by atoms with Gasteiger partial charge in [0, 0.05) is 33.2 Å². The first-order valence-electron chi connectivity index (χ1n) is 7.76. The summed E-state index contributed by atoms with van der Waals surface area (Å²) in [6, 6.07) is 17.0. The van der Waals surface area contributed by atoms with Crippen molar-refractivity contribution in [3.05, 3.63) is 70.3 Å². The molecular weight excluding hydrogens is 380 g/mol. The molecule has 126 valence electrons. The maximum absolute atomic E-state index is 11.3. The predicted molar refractivity (Wildman–Crippen MR) is 104 cm³/mol. The number of benzene rings is 2. The van der Waals surface area contributed by atoms with Gasteiger partial charge in [-0.15, -0.1) is 0 Å². The minimum absolute atomic E-state index is 0.0467. The number of rotatable bonds is 5. The molecule has 0 spiro atoms. The number of carbonyl (C=O) groups is 1. The first-order chi connectivity index (χ1) is 12.0. The highest BCUT2D eigenvalue weighted by molar-refractivity contribution is 9.10. The fourth-order valence-corrected chi connectivity index (χ4v) is 2.55. The summed E-state index contributed by atoms with van der Waals surface area (Å²) in [5.74, 6) is 1.25. The van der Waals surface area contributed by atoms with Gasteiger partial charge < -0.3 is 10.6 Å². The highest BCUT2D eigenvalue weighted by atomic mass is 79.9. The number of hydrogen-bond acceptors (Lipinski definition) is 5. The van der Waals surface area contributed by atoms with Crippen molar-refractivity contribution in [2.75, 3.05) is 10.6 Å². The number of hydrogen-bond donors (Lipinski definition) is 2. The van der Waals surface area contributed by atoms with Crippen molar-refractivity contribution in [1.29, 1.82) is 0 Å². The number of nitrogens with zero attached hydrogens (tertiary/aromatic N) is 2. The Bertz CT molecular complexity index is 892. The van der Waals surface area contributed by atoms with Crippen molar-refractivity contribution < 1.29 is 4.79 Å². The minimum atomic E-state index is 0.0467. The molecule has 0 aliphatic rings. The number of halogens is 1. The van der Waals surface area contributed by atoms with E-state index in [9.17, 15) is 4.79 Å². The van der Waals surface area contributed by atoms with Gasteiger partial charge in [-0.25, -0.2) is 4.98 Å². The summed E-state index contributed by atoms with van der Waals surface area (Å²) in [7, 11) is 0. The summed E-state index contributed by atoms with van der Waals surface area (Å²) in [5, 5.41) is 6.43. The molecule has 1 heterocycles. The quantitative estimate of drug-likeness (QED) is 0.577. The number of anilines is 4. The van der Waals surface area contributed by atoms with Crippen LogP contribution in [0.5, 0.6) is 0 Å². The molecule has 0 bridgehead atoms. The minimum Gasteiger partial charge on any atom is -0.340 e. The molecule has 0 atom stereocenters. The molecule has 0 radical (unpaired) electrons. The van der Waals surface area contributed by atoms with E-state index in [2.05, 4.69) is 36.5 Å². The first kappa shape index (κ1) is 17.1. The normalized spacial score (nSPS) is 10.4. The molecule has 2 N–H and O–H groups in total. The van der Waals surface area contributed by atoms with Crippen molar-refractivity contribution in [1.82, 2.24) is 9.97 Å². The van der Waals surface area contributed by atoms with Crippen LogP contribution in [0.25, 0.3) is 0 Å². The van der Waals surface area contributed by atoms with Crippen LogP contribution in [-0.2, 0) is 0 Å². The molecule has 0 saturated carbocycles. The van der Waals surface area contributed by atoms with E-state index in [4.69, 9.17) is 0 Å². The van der Waals surface area contributed by atoms with Crippen LogP contribution in [0.1, 0.15) is 23.0 Å². The second-order valence-electron chi connectivity index (χ2n) is 5.61. The molecule has 3 aromatic rings. The SMILES string of the molecule is CC(=O)c1ccc(Nc2cc(C)nc(Nc3ccc(Br)cc3)n2)cc1. The van der Waals surface area contributed by atoms with Crippen LogP contribution in [0.15, 0.2) is 59.1 Å². The van der Waals surface area contributed by atoms with Crippen LogP contribution in [0, 0.1) is 6.92 Å². The van der Waals surface area contributed by atoms with Gasteiger partial charge in [0.1, 0.15) is 5.82 Å². The topological polar surface area (TPSA) is 66.9 Å². The van der Waals surface area contributed by atoms with Crippen LogP contribution in [0.4, 0.5) is 23.1 Å². The zero-order chi connectivity index (χ0) is 17.8. The molecular formula is C19H17BrN4O. The number of aryl methyl sites for hydroxylation is 1. The third kappa shape index (κ3) is 4.64. The van der Waals surface area contributed by atoms with Gasteiger partial charge in [-0.2, -0.15) is 4.98 Å². The van der Waals surface area contributed by atoms with E-state index >= 15 is 0 Å². The molecule has 5 nitrogen and oxygen atoms in total. The monoisotopic (exact) mass is 396 g/mol. The van der Waals surface area contributed by atoms with E-state index in [0.717, 1.165) is 21.5 Å². The van der Waals surface area contributed by atoms with Crippen molar-refractivity contribution in [2.45, 2.75) is 13.8 Å². The lowest BCUT2D eigenvalue weighted by atomic mass is 10.1. The third-order valence-electron chi connectivity index (χ3n) is 3.52. The largest absolute Gasteiger partial charge is 0.340 e. The Hall–Kier alpha value is -2.73. The number of carbonyl (C=O) groups excluding carboxylic acids is 1. The Morgan fingerprint density at radius 1 is 0.920 bits per heavy atom. The van der Waals surface area contributed by atoms with Crippen molar-refractivity contribution in [3.63, 3.8) is 0 Å². The third-order valence-corrected chi connectivity index (χ3v) is 4.05. The fraction of sp³-hybridized carbons (Fsp3) is 0.105. The van der Waals surface area contributed by atoms with Gasteiger partial charge in [0.25, 0.3) is 0 Å². The molecule has 0 amide bonds. The van der Waals surface area contributed by atoms with Crippen molar-refractivity contribution >= 4 is 44.9 Å². The smallest absolute Gasteiger partial charge is 0.229 e. The van der Waals surface area contributed by atoms with Gasteiger partial charge >= 0.3 is 0 Å². The second kappa shape index (κ2) is 7.44. The van der Waals surface area contributed by atoms with Crippen LogP contribution < -0.4 is 10.6 Å². The van der Waals surface area contributed by atoms with E-state index in [-0.39, 0.29) is 5.78 Å². The summed E-state index contributed by atoms with van der Waals surface area (Å²) < 4.78 is 1.01. The summed E-state index contributed by atoms with van der Waals surface area (Å²) in [6.07, 6.45) is 0. The maximum Gasteiger partial charge on any atom is 0.229 e. The lowest BCUT2D eigenvalue weighted by Crippen LogP contribution is -2.02. The molecule has 0 saturated heterocycles. The van der Waals surface area contributed by atoms with Gasteiger partial charge in [-0.1, -0.05) is 15.9 Å². The zero-order valence-electron chi connectivity index (χ0n) is 13.9. The number of ketones is 1. The molecule has 25 heavy (non-hydrogen) atoms. The van der Waals surface area contributed by atoms with Gasteiger partial charge in [0.05, 0.1) is 0 Å². The summed E-state index contributed by atoms with van der Waals surface area (Å²) in [6.45, 7) is 3.47. The standard InChI is InChI=1S/C19H17BrN4O/c1-12-11-18(22-16-7-3-14(4-8-16)13(2)25)24-19(21-12)23-17-9-5-15(20)6-10-17/h3-11H,1-2H3,(H2,21,22,23,24). The Balaban J connectivity index is 1.79. The Morgan fingerprint density at radius 2 is 1.52 bits per heavy atom. The van der Waals surface area contributed by atoms with E-state index in [1.54, 1.807) is 19.1 Å². The van der Waals surface area contributed by atoms with E-state index < -0.39 is 0 Å². The van der Waals surface area contributed by atoms with Crippen LogP contribution >= 0.6 is 15.9 Å². The van der Waals surface area contributed by atoms with E-state index in [0.29, 0.717) is 17.3 Å². The number of aromatic nitrogens is 2. The maximum atomic E-state index is 11.3. The second-order valence-corrected chi connectivity index (χ2v) is 6.52. The van der Waals surface area contributed by atoms with Crippen LogP contribution in [-0.4, -0.2) is 15.8 Å². The van der Waals surface area contributed by atoms with Crippen LogP contribution in [0.3, 0.4) is 0 Å². The molecule has 0 aliphatic carbocycles. The molecule has 2 aromatic carbocycles. The highest BCUT2D eigenvalue weighted by Gasteiger charge is 2.05. The zero-order valence-corrected chi connectivity index (χ0v) is 15.5. The summed E-state index contributed by atoms with van der Waals surface area (Å²) in [5.41, 5.74) is 3.29. The van der Waals surface area contributed by atoms with Gasteiger partial charge in [-0.05, 0) is 62.4 Å². The molecule has 6 heteroatoms. The van der Waals surface area contributed by atoms with Crippen LogP contribution in [0.2, 0.25) is 0 Å². The van der Waals surface area contributed by atoms with Gasteiger partial charge in [-0.3, -0.25) is 4.79 Å². The molecule has 0 fully saturated rings. The number of Topliss-reactive ketones (excluding diaryl/α,β-unsaturated/α-hetero) is 1. The molecule has 3 rings (SSSR count).